The summed E-state index contributed by atoms with van der Waals surface area (Å²) in [5.41, 5.74) is 2.80. The summed E-state index contributed by atoms with van der Waals surface area (Å²) in [7, 11) is 0. The van der Waals surface area contributed by atoms with E-state index in [1.165, 1.54) is 5.56 Å². The Morgan fingerprint density at radius 3 is 2.94 bits per heavy atom. The van der Waals surface area contributed by atoms with Crippen LogP contribution in [0.25, 0.3) is 0 Å². The topological polar surface area (TPSA) is 55.1 Å². The van der Waals surface area contributed by atoms with E-state index in [1.807, 2.05) is 19.9 Å². The Bertz CT molecular complexity index is 464. The van der Waals surface area contributed by atoms with Crippen LogP contribution in [-0.2, 0) is 17.6 Å². The maximum Gasteiger partial charge on any atom is 0.232 e. The number of nitriles is 1. The van der Waals surface area contributed by atoms with Gasteiger partial charge in [0.2, 0.25) is 5.88 Å². The minimum Gasteiger partial charge on any atom is -0.474 e. The molecule has 0 spiro atoms. The minimum absolute atomic E-state index is 0.192. The van der Waals surface area contributed by atoms with Crippen molar-refractivity contribution in [2.75, 3.05) is 13.2 Å². The van der Waals surface area contributed by atoms with E-state index in [0.717, 1.165) is 25.0 Å². The first-order valence-corrected chi connectivity index (χ1v) is 6.38. The molecule has 18 heavy (non-hydrogen) atoms. The lowest BCUT2D eigenvalue weighted by atomic mass is 10.1. The standard InChI is InChI=1S/C14H18N2O2/c1-10(2)17-6-7-18-14-12(9-15)8-11-4-3-5-13(11)16-14/h8,10H,3-7H2,1-2H3. The van der Waals surface area contributed by atoms with Gasteiger partial charge in [0.15, 0.2) is 0 Å². The van der Waals surface area contributed by atoms with Gasteiger partial charge in [-0.25, -0.2) is 4.98 Å². The Kier molecular flexibility index (Phi) is 4.16. The quantitative estimate of drug-likeness (QED) is 0.748. The molecular weight excluding hydrogens is 228 g/mol. The Hall–Kier alpha value is -1.60. The number of aryl methyl sites for hydroxylation is 2. The van der Waals surface area contributed by atoms with Crippen molar-refractivity contribution < 1.29 is 9.47 Å². The number of pyridine rings is 1. The summed E-state index contributed by atoms with van der Waals surface area (Å²) in [5.74, 6) is 0.450. The summed E-state index contributed by atoms with van der Waals surface area (Å²) in [6, 6.07) is 4.06. The van der Waals surface area contributed by atoms with Crippen molar-refractivity contribution >= 4 is 0 Å². The first-order valence-electron chi connectivity index (χ1n) is 6.38. The second kappa shape index (κ2) is 5.83. The van der Waals surface area contributed by atoms with Crippen LogP contribution in [0, 0.1) is 11.3 Å². The highest BCUT2D eigenvalue weighted by molar-refractivity contribution is 5.44. The van der Waals surface area contributed by atoms with Gasteiger partial charge in [0.1, 0.15) is 18.2 Å². The summed E-state index contributed by atoms with van der Waals surface area (Å²) in [6.45, 7) is 4.91. The average molecular weight is 246 g/mol. The summed E-state index contributed by atoms with van der Waals surface area (Å²) >= 11 is 0. The molecule has 1 heterocycles. The Balaban J connectivity index is 2.01. The lowest BCUT2D eigenvalue weighted by Crippen LogP contribution is -2.12. The zero-order valence-electron chi connectivity index (χ0n) is 10.9. The number of hydrogen-bond acceptors (Lipinski definition) is 4. The van der Waals surface area contributed by atoms with Gasteiger partial charge < -0.3 is 9.47 Å². The monoisotopic (exact) mass is 246 g/mol. The van der Waals surface area contributed by atoms with Crippen LogP contribution < -0.4 is 4.74 Å². The van der Waals surface area contributed by atoms with Crippen molar-refractivity contribution in [3.8, 4) is 11.9 Å². The molecular formula is C14H18N2O2. The highest BCUT2D eigenvalue weighted by Gasteiger charge is 2.17. The third-order valence-corrected chi connectivity index (χ3v) is 2.91. The molecule has 1 aromatic rings. The maximum atomic E-state index is 9.09. The van der Waals surface area contributed by atoms with E-state index < -0.39 is 0 Å². The smallest absolute Gasteiger partial charge is 0.232 e. The molecule has 0 unspecified atom stereocenters. The maximum absolute atomic E-state index is 9.09. The number of fused-ring (bicyclic) bond motifs is 1. The molecule has 2 rings (SSSR count). The first-order chi connectivity index (χ1) is 8.70. The molecule has 0 bridgehead atoms. The van der Waals surface area contributed by atoms with Crippen LogP contribution >= 0.6 is 0 Å². The molecule has 0 radical (unpaired) electrons. The molecule has 0 amide bonds. The van der Waals surface area contributed by atoms with Crippen molar-refractivity contribution in [3.05, 3.63) is 22.9 Å². The van der Waals surface area contributed by atoms with E-state index in [2.05, 4.69) is 11.1 Å². The third-order valence-electron chi connectivity index (χ3n) is 2.91. The molecule has 0 N–H and O–H groups in total. The van der Waals surface area contributed by atoms with Gasteiger partial charge in [-0.3, -0.25) is 0 Å². The van der Waals surface area contributed by atoms with Crippen molar-refractivity contribution in [2.45, 2.75) is 39.2 Å². The van der Waals surface area contributed by atoms with Gasteiger partial charge in [0, 0.05) is 5.69 Å². The predicted molar refractivity (Wildman–Crippen MR) is 67.6 cm³/mol. The van der Waals surface area contributed by atoms with Crippen LogP contribution in [0.2, 0.25) is 0 Å². The van der Waals surface area contributed by atoms with Crippen LogP contribution in [0.3, 0.4) is 0 Å². The van der Waals surface area contributed by atoms with Crippen LogP contribution in [0.15, 0.2) is 6.07 Å². The SMILES string of the molecule is CC(C)OCCOc1nc2c(cc1C#N)CCC2. The fourth-order valence-electron chi connectivity index (χ4n) is 2.07. The number of aromatic nitrogens is 1. The fraction of sp³-hybridized carbons (Fsp3) is 0.571. The Morgan fingerprint density at radius 1 is 1.39 bits per heavy atom. The molecule has 0 atom stereocenters. The second-order valence-electron chi connectivity index (χ2n) is 4.68. The summed E-state index contributed by atoms with van der Waals surface area (Å²) in [4.78, 5) is 4.44. The van der Waals surface area contributed by atoms with Crippen molar-refractivity contribution in [3.63, 3.8) is 0 Å². The molecule has 0 aromatic carbocycles. The number of rotatable bonds is 5. The molecule has 1 aromatic heterocycles. The molecule has 1 aliphatic carbocycles. The number of ether oxygens (including phenoxy) is 2. The fourth-order valence-corrected chi connectivity index (χ4v) is 2.07. The summed E-state index contributed by atoms with van der Waals surface area (Å²) < 4.78 is 10.9. The molecule has 0 fully saturated rings. The summed E-state index contributed by atoms with van der Waals surface area (Å²) in [6.07, 6.45) is 3.32. The normalized spacial score (nSPS) is 13.4. The molecule has 4 nitrogen and oxygen atoms in total. The van der Waals surface area contributed by atoms with Crippen LogP contribution in [0.4, 0.5) is 0 Å². The lowest BCUT2D eigenvalue weighted by molar-refractivity contribution is 0.0541. The van der Waals surface area contributed by atoms with Crippen LogP contribution in [0.1, 0.15) is 37.1 Å². The zero-order chi connectivity index (χ0) is 13.0. The second-order valence-corrected chi connectivity index (χ2v) is 4.68. The van der Waals surface area contributed by atoms with Crippen LogP contribution in [-0.4, -0.2) is 24.3 Å². The van der Waals surface area contributed by atoms with E-state index in [9.17, 15) is 0 Å². The predicted octanol–water partition coefficient (Wildman–Crippen LogP) is 2.25. The van der Waals surface area contributed by atoms with E-state index in [-0.39, 0.29) is 6.10 Å². The highest BCUT2D eigenvalue weighted by atomic mass is 16.5. The largest absolute Gasteiger partial charge is 0.474 e. The number of nitrogens with zero attached hydrogens (tertiary/aromatic N) is 2. The van der Waals surface area contributed by atoms with Gasteiger partial charge in [0.05, 0.1) is 12.7 Å². The minimum atomic E-state index is 0.192. The third kappa shape index (κ3) is 2.99. The first kappa shape index (κ1) is 12.8. The lowest BCUT2D eigenvalue weighted by Gasteiger charge is -2.10. The molecule has 0 saturated carbocycles. The molecule has 0 aliphatic heterocycles. The average Bonchev–Trinajstić information content (AvgIpc) is 2.80. The zero-order valence-corrected chi connectivity index (χ0v) is 10.9. The van der Waals surface area contributed by atoms with Crippen LogP contribution in [0.5, 0.6) is 5.88 Å². The van der Waals surface area contributed by atoms with Crippen molar-refractivity contribution in [1.29, 1.82) is 5.26 Å². The van der Waals surface area contributed by atoms with Crippen molar-refractivity contribution in [1.82, 2.24) is 4.98 Å². The van der Waals surface area contributed by atoms with E-state index in [0.29, 0.717) is 24.7 Å². The molecule has 96 valence electrons. The van der Waals surface area contributed by atoms with E-state index >= 15 is 0 Å². The van der Waals surface area contributed by atoms with Gasteiger partial charge in [-0.05, 0) is 44.7 Å². The van der Waals surface area contributed by atoms with Crippen molar-refractivity contribution in [2.24, 2.45) is 0 Å². The van der Waals surface area contributed by atoms with Gasteiger partial charge in [-0.2, -0.15) is 5.26 Å². The number of hydrogen-bond donors (Lipinski definition) is 0. The Labute approximate surface area is 108 Å². The van der Waals surface area contributed by atoms with E-state index in [1.54, 1.807) is 0 Å². The van der Waals surface area contributed by atoms with Gasteiger partial charge >= 0.3 is 0 Å². The van der Waals surface area contributed by atoms with E-state index in [4.69, 9.17) is 14.7 Å². The Morgan fingerprint density at radius 2 is 2.22 bits per heavy atom. The molecule has 1 aliphatic rings. The molecule has 0 saturated heterocycles. The summed E-state index contributed by atoms with van der Waals surface area (Å²) in [5, 5.41) is 9.09. The van der Waals surface area contributed by atoms with Gasteiger partial charge in [0.25, 0.3) is 0 Å². The van der Waals surface area contributed by atoms with Gasteiger partial charge in [-0.15, -0.1) is 0 Å². The van der Waals surface area contributed by atoms with Gasteiger partial charge in [-0.1, -0.05) is 0 Å². The molecule has 4 heteroatoms. The highest BCUT2D eigenvalue weighted by Crippen LogP contribution is 2.26.